The van der Waals surface area contributed by atoms with Crippen LogP contribution in [0.25, 0.3) is 0 Å². The summed E-state index contributed by atoms with van der Waals surface area (Å²) in [6.07, 6.45) is 4.63. The molecule has 3 heteroatoms. The first-order valence-electron chi connectivity index (χ1n) is 4.69. The maximum atomic E-state index is 9.80. The minimum atomic E-state index is -0.239. The summed E-state index contributed by atoms with van der Waals surface area (Å²) in [4.78, 5) is 1.09. The van der Waals surface area contributed by atoms with Crippen molar-refractivity contribution in [1.82, 2.24) is 0 Å². The van der Waals surface area contributed by atoms with Gasteiger partial charge in [-0.3, -0.25) is 0 Å². The predicted octanol–water partition coefficient (Wildman–Crippen LogP) is 3.73. The van der Waals surface area contributed by atoms with Gasteiger partial charge in [-0.2, -0.15) is 0 Å². The van der Waals surface area contributed by atoms with E-state index in [1.54, 1.807) is 11.3 Å². The van der Waals surface area contributed by atoms with E-state index in [9.17, 15) is 5.11 Å². The van der Waals surface area contributed by atoms with Crippen molar-refractivity contribution in [3.8, 4) is 0 Å². The number of hydrogen-bond donors (Lipinski definition) is 1. The van der Waals surface area contributed by atoms with Gasteiger partial charge in [0.15, 0.2) is 0 Å². The first kappa shape index (κ1) is 9.69. The van der Waals surface area contributed by atoms with Crippen LogP contribution < -0.4 is 0 Å². The van der Waals surface area contributed by atoms with Gasteiger partial charge in [0.2, 0.25) is 0 Å². The van der Waals surface area contributed by atoms with Crippen molar-refractivity contribution in [1.29, 1.82) is 0 Å². The normalized spacial score (nSPS) is 18.9. The Morgan fingerprint density at radius 2 is 2.31 bits per heavy atom. The molecule has 1 aliphatic carbocycles. The highest BCUT2D eigenvalue weighted by Crippen LogP contribution is 2.37. The molecular weight excluding hydrogens is 248 g/mol. The van der Waals surface area contributed by atoms with Crippen molar-refractivity contribution in [3.63, 3.8) is 0 Å². The van der Waals surface area contributed by atoms with Crippen molar-refractivity contribution in [2.75, 3.05) is 0 Å². The average Bonchev–Trinajstić information content (AvgIpc) is 2.84. The average molecular weight is 261 g/mol. The molecular formula is C10H13BrOS. The molecule has 1 aromatic heterocycles. The van der Waals surface area contributed by atoms with E-state index in [1.165, 1.54) is 19.3 Å². The van der Waals surface area contributed by atoms with E-state index in [0.29, 0.717) is 0 Å². The SMILES string of the molecule is OC(CCC1CC1)c1ccc(Br)s1. The topological polar surface area (TPSA) is 20.2 Å². The van der Waals surface area contributed by atoms with Crippen LogP contribution in [0.2, 0.25) is 0 Å². The van der Waals surface area contributed by atoms with Gasteiger partial charge in [-0.15, -0.1) is 11.3 Å². The van der Waals surface area contributed by atoms with Crippen molar-refractivity contribution in [2.24, 2.45) is 5.92 Å². The molecule has 13 heavy (non-hydrogen) atoms. The molecule has 0 aliphatic heterocycles. The molecule has 72 valence electrons. The van der Waals surface area contributed by atoms with Gasteiger partial charge in [-0.25, -0.2) is 0 Å². The summed E-state index contributed by atoms with van der Waals surface area (Å²) < 4.78 is 1.10. The lowest BCUT2D eigenvalue weighted by Gasteiger charge is -2.06. The lowest BCUT2D eigenvalue weighted by Crippen LogP contribution is -1.94. The van der Waals surface area contributed by atoms with Gasteiger partial charge in [0.1, 0.15) is 0 Å². The largest absolute Gasteiger partial charge is 0.388 e. The van der Waals surface area contributed by atoms with Crippen molar-refractivity contribution in [2.45, 2.75) is 31.8 Å². The predicted molar refractivity (Wildman–Crippen MR) is 58.9 cm³/mol. The van der Waals surface area contributed by atoms with Crippen LogP contribution in [0.5, 0.6) is 0 Å². The molecule has 1 aliphatic rings. The molecule has 0 radical (unpaired) electrons. The number of halogens is 1. The summed E-state index contributed by atoms with van der Waals surface area (Å²) in [5, 5.41) is 9.80. The fourth-order valence-corrected chi connectivity index (χ4v) is 2.89. The van der Waals surface area contributed by atoms with E-state index >= 15 is 0 Å². The lowest BCUT2D eigenvalue weighted by atomic mass is 10.1. The molecule has 0 aromatic carbocycles. The van der Waals surface area contributed by atoms with Gasteiger partial charge in [-0.05, 0) is 46.8 Å². The van der Waals surface area contributed by atoms with E-state index in [0.717, 1.165) is 21.0 Å². The molecule has 1 saturated carbocycles. The fraction of sp³-hybridized carbons (Fsp3) is 0.600. The van der Waals surface area contributed by atoms with Crippen LogP contribution in [0.1, 0.15) is 36.7 Å². The standard InChI is InChI=1S/C10H13BrOS/c11-10-6-5-9(13-10)8(12)4-3-7-1-2-7/h5-8,12H,1-4H2. The maximum absolute atomic E-state index is 9.80. The van der Waals surface area contributed by atoms with Gasteiger partial charge >= 0.3 is 0 Å². The first-order chi connectivity index (χ1) is 6.25. The Morgan fingerprint density at radius 1 is 1.54 bits per heavy atom. The third-order valence-electron chi connectivity index (χ3n) is 2.47. The summed E-state index contributed by atoms with van der Waals surface area (Å²) in [5.74, 6) is 0.915. The molecule has 1 N–H and O–H groups in total. The molecule has 0 spiro atoms. The van der Waals surface area contributed by atoms with E-state index in [4.69, 9.17) is 0 Å². The van der Waals surface area contributed by atoms with E-state index < -0.39 is 0 Å². The van der Waals surface area contributed by atoms with Crippen LogP contribution in [-0.2, 0) is 0 Å². The third kappa shape index (κ3) is 2.79. The van der Waals surface area contributed by atoms with Crippen molar-refractivity contribution in [3.05, 3.63) is 20.8 Å². The molecule has 1 fully saturated rings. The number of aliphatic hydroxyl groups excluding tert-OH is 1. The number of aliphatic hydroxyl groups is 1. The highest BCUT2D eigenvalue weighted by atomic mass is 79.9. The summed E-state index contributed by atoms with van der Waals surface area (Å²) in [6.45, 7) is 0. The van der Waals surface area contributed by atoms with E-state index in [1.807, 2.05) is 12.1 Å². The third-order valence-corrected chi connectivity index (χ3v) is 4.19. The highest BCUT2D eigenvalue weighted by Gasteiger charge is 2.22. The lowest BCUT2D eigenvalue weighted by molar-refractivity contribution is 0.166. The second kappa shape index (κ2) is 4.11. The zero-order chi connectivity index (χ0) is 9.26. The zero-order valence-electron chi connectivity index (χ0n) is 7.37. The maximum Gasteiger partial charge on any atom is 0.0882 e. The van der Waals surface area contributed by atoms with Crippen LogP contribution >= 0.6 is 27.3 Å². The van der Waals surface area contributed by atoms with Crippen molar-refractivity contribution < 1.29 is 5.11 Å². The highest BCUT2D eigenvalue weighted by molar-refractivity contribution is 9.11. The monoisotopic (exact) mass is 260 g/mol. The second-order valence-corrected chi connectivity index (χ2v) is 6.17. The van der Waals surface area contributed by atoms with Crippen LogP contribution in [0.15, 0.2) is 15.9 Å². The molecule has 1 aromatic rings. The Balaban J connectivity index is 1.84. The van der Waals surface area contributed by atoms with Crippen LogP contribution in [0, 0.1) is 5.92 Å². The van der Waals surface area contributed by atoms with Crippen LogP contribution in [0.3, 0.4) is 0 Å². The fourth-order valence-electron chi connectivity index (χ4n) is 1.45. The summed E-state index contributed by atoms with van der Waals surface area (Å²) in [6, 6.07) is 4.01. The molecule has 2 rings (SSSR count). The smallest absolute Gasteiger partial charge is 0.0882 e. The molecule has 1 atom stereocenters. The zero-order valence-corrected chi connectivity index (χ0v) is 9.77. The Kier molecular flexibility index (Phi) is 3.06. The number of rotatable bonds is 4. The summed E-state index contributed by atoms with van der Waals surface area (Å²) in [7, 11) is 0. The molecule has 1 heterocycles. The van der Waals surface area contributed by atoms with Crippen LogP contribution in [-0.4, -0.2) is 5.11 Å². The summed E-state index contributed by atoms with van der Waals surface area (Å²) in [5.41, 5.74) is 0. The minimum absolute atomic E-state index is 0.239. The Labute approximate surface area is 90.9 Å². The number of thiophene rings is 1. The van der Waals surface area contributed by atoms with Gasteiger partial charge < -0.3 is 5.11 Å². The summed E-state index contributed by atoms with van der Waals surface area (Å²) >= 11 is 5.03. The second-order valence-electron chi connectivity index (χ2n) is 3.68. The Hall–Kier alpha value is 0.140. The van der Waals surface area contributed by atoms with Gasteiger partial charge in [0, 0.05) is 4.88 Å². The minimum Gasteiger partial charge on any atom is -0.388 e. The van der Waals surface area contributed by atoms with Gasteiger partial charge in [-0.1, -0.05) is 12.8 Å². The van der Waals surface area contributed by atoms with Crippen molar-refractivity contribution >= 4 is 27.3 Å². The van der Waals surface area contributed by atoms with E-state index in [2.05, 4.69) is 15.9 Å². The Morgan fingerprint density at radius 3 is 2.85 bits per heavy atom. The Bertz CT molecular complexity index is 280. The quantitative estimate of drug-likeness (QED) is 0.875. The number of hydrogen-bond acceptors (Lipinski definition) is 2. The first-order valence-corrected chi connectivity index (χ1v) is 6.30. The van der Waals surface area contributed by atoms with Crippen LogP contribution in [0.4, 0.5) is 0 Å². The molecule has 1 unspecified atom stereocenters. The molecule has 1 nitrogen and oxygen atoms in total. The molecule has 0 bridgehead atoms. The molecule has 0 amide bonds. The van der Waals surface area contributed by atoms with E-state index in [-0.39, 0.29) is 6.10 Å². The van der Waals surface area contributed by atoms with Gasteiger partial charge in [0.05, 0.1) is 9.89 Å². The van der Waals surface area contributed by atoms with Gasteiger partial charge in [0.25, 0.3) is 0 Å². The molecule has 0 saturated heterocycles.